The average molecular weight is 421 g/mol. The molecule has 0 saturated carbocycles. The van der Waals surface area contributed by atoms with E-state index in [4.69, 9.17) is 13.9 Å². The summed E-state index contributed by atoms with van der Waals surface area (Å²) >= 11 is 0. The molecule has 6 heteroatoms. The van der Waals surface area contributed by atoms with Gasteiger partial charge in [0, 0.05) is 18.5 Å². The van der Waals surface area contributed by atoms with Crippen LogP contribution in [0.5, 0.6) is 5.75 Å². The molecule has 1 atom stereocenters. The molecular formula is C25H28N2O4. The van der Waals surface area contributed by atoms with Crippen LogP contribution in [0.15, 0.2) is 52.9 Å². The minimum Gasteiger partial charge on any atom is -0.493 e. The molecule has 2 heterocycles. The van der Waals surface area contributed by atoms with E-state index in [0.29, 0.717) is 25.5 Å². The SMILES string of the molecule is CCOC(=O)C1c2cc(OCCc3nc(-c4ccccc4)oc3C)ccc2CCN1C. The van der Waals surface area contributed by atoms with Crippen LogP contribution in [0.1, 0.15) is 35.5 Å². The van der Waals surface area contributed by atoms with Crippen LogP contribution in [0.4, 0.5) is 0 Å². The third-order valence-corrected chi connectivity index (χ3v) is 5.62. The van der Waals surface area contributed by atoms with Crippen LogP contribution in [0.3, 0.4) is 0 Å². The highest BCUT2D eigenvalue weighted by atomic mass is 16.5. The summed E-state index contributed by atoms with van der Waals surface area (Å²) in [5.41, 5.74) is 3.99. The number of hydrogen-bond acceptors (Lipinski definition) is 6. The van der Waals surface area contributed by atoms with Gasteiger partial charge in [-0.3, -0.25) is 4.90 Å². The lowest BCUT2D eigenvalue weighted by atomic mass is 9.92. The third-order valence-electron chi connectivity index (χ3n) is 5.62. The molecule has 162 valence electrons. The maximum atomic E-state index is 12.5. The monoisotopic (exact) mass is 420 g/mol. The molecule has 1 unspecified atom stereocenters. The van der Waals surface area contributed by atoms with Gasteiger partial charge in [0.1, 0.15) is 17.6 Å². The zero-order chi connectivity index (χ0) is 21.8. The number of oxazole rings is 1. The zero-order valence-corrected chi connectivity index (χ0v) is 18.3. The maximum absolute atomic E-state index is 12.5. The number of likely N-dealkylation sites (N-methyl/N-ethyl adjacent to an activating group) is 1. The van der Waals surface area contributed by atoms with Gasteiger partial charge in [-0.15, -0.1) is 0 Å². The van der Waals surface area contributed by atoms with Crippen LogP contribution in [-0.4, -0.2) is 42.7 Å². The fourth-order valence-corrected chi connectivity index (χ4v) is 3.97. The molecule has 6 nitrogen and oxygen atoms in total. The van der Waals surface area contributed by atoms with Crippen molar-refractivity contribution in [3.63, 3.8) is 0 Å². The maximum Gasteiger partial charge on any atom is 0.328 e. The Labute approximate surface area is 182 Å². The first-order valence-corrected chi connectivity index (χ1v) is 10.7. The van der Waals surface area contributed by atoms with E-state index in [1.807, 2.05) is 68.3 Å². The number of benzene rings is 2. The number of esters is 1. The molecule has 0 radical (unpaired) electrons. The first-order valence-electron chi connectivity index (χ1n) is 10.7. The standard InChI is InChI=1S/C25H28N2O4/c1-4-29-25(28)23-21-16-20(11-10-18(21)12-14-27(23)3)30-15-13-22-17(2)31-24(26-22)19-8-6-5-7-9-19/h5-11,16,23H,4,12-15H2,1-3H3. The second-order valence-corrected chi connectivity index (χ2v) is 7.73. The minimum atomic E-state index is -0.390. The Kier molecular flexibility index (Phi) is 6.37. The van der Waals surface area contributed by atoms with Gasteiger partial charge in [0.05, 0.1) is 18.9 Å². The number of nitrogens with zero attached hydrogens (tertiary/aromatic N) is 2. The highest BCUT2D eigenvalue weighted by Gasteiger charge is 2.32. The smallest absolute Gasteiger partial charge is 0.328 e. The molecule has 3 aromatic rings. The fraction of sp³-hybridized carbons (Fsp3) is 0.360. The molecule has 4 rings (SSSR count). The average Bonchev–Trinajstić information content (AvgIpc) is 3.15. The molecule has 1 aromatic heterocycles. The van der Waals surface area contributed by atoms with Crippen LogP contribution >= 0.6 is 0 Å². The molecule has 0 bridgehead atoms. The summed E-state index contributed by atoms with van der Waals surface area (Å²) in [6.45, 7) is 5.42. The predicted molar refractivity (Wildman–Crippen MR) is 118 cm³/mol. The number of carbonyl (C=O) groups is 1. The van der Waals surface area contributed by atoms with Gasteiger partial charge in [0.25, 0.3) is 0 Å². The van der Waals surface area contributed by atoms with Gasteiger partial charge in [-0.2, -0.15) is 0 Å². The molecule has 0 saturated heterocycles. The number of rotatable bonds is 7. The topological polar surface area (TPSA) is 64.8 Å². The van der Waals surface area contributed by atoms with Gasteiger partial charge in [-0.05, 0) is 62.7 Å². The van der Waals surface area contributed by atoms with Crippen molar-refractivity contribution in [2.75, 3.05) is 26.8 Å². The number of fused-ring (bicyclic) bond motifs is 1. The minimum absolute atomic E-state index is 0.213. The lowest BCUT2D eigenvalue weighted by molar-refractivity contribution is -0.149. The largest absolute Gasteiger partial charge is 0.493 e. The Morgan fingerprint density at radius 3 is 2.81 bits per heavy atom. The van der Waals surface area contributed by atoms with Crippen LogP contribution in [0.2, 0.25) is 0 Å². The van der Waals surface area contributed by atoms with Crippen molar-refractivity contribution in [1.29, 1.82) is 0 Å². The molecule has 31 heavy (non-hydrogen) atoms. The fourth-order valence-electron chi connectivity index (χ4n) is 3.97. The first kappa shape index (κ1) is 21.1. The third kappa shape index (κ3) is 4.64. The second-order valence-electron chi connectivity index (χ2n) is 7.73. The number of hydrogen-bond donors (Lipinski definition) is 0. The van der Waals surface area contributed by atoms with Crippen molar-refractivity contribution in [1.82, 2.24) is 9.88 Å². The van der Waals surface area contributed by atoms with E-state index in [0.717, 1.165) is 41.3 Å². The van der Waals surface area contributed by atoms with E-state index in [9.17, 15) is 4.79 Å². The van der Waals surface area contributed by atoms with Crippen molar-refractivity contribution >= 4 is 5.97 Å². The molecular weight excluding hydrogens is 392 g/mol. The Bertz CT molecular complexity index is 1040. The summed E-state index contributed by atoms with van der Waals surface area (Å²) in [5.74, 6) is 1.96. The summed E-state index contributed by atoms with van der Waals surface area (Å²) in [6.07, 6.45) is 1.54. The van der Waals surface area contributed by atoms with E-state index in [2.05, 4.69) is 11.1 Å². The highest BCUT2D eigenvalue weighted by Crippen LogP contribution is 2.32. The van der Waals surface area contributed by atoms with Gasteiger partial charge in [0.2, 0.25) is 5.89 Å². The van der Waals surface area contributed by atoms with Crippen molar-refractivity contribution < 1.29 is 18.7 Å². The van der Waals surface area contributed by atoms with Crippen molar-refractivity contribution in [2.45, 2.75) is 32.7 Å². The number of aryl methyl sites for hydroxylation is 1. The van der Waals surface area contributed by atoms with E-state index < -0.39 is 6.04 Å². The summed E-state index contributed by atoms with van der Waals surface area (Å²) in [7, 11) is 1.95. The molecule has 0 N–H and O–H groups in total. The van der Waals surface area contributed by atoms with Crippen LogP contribution in [0, 0.1) is 6.92 Å². The Morgan fingerprint density at radius 2 is 2.03 bits per heavy atom. The van der Waals surface area contributed by atoms with Crippen molar-refractivity contribution in [3.8, 4) is 17.2 Å². The van der Waals surface area contributed by atoms with E-state index in [1.54, 1.807) is 0 Å². The van der Waals surface area contributed by atoms with Gasteiger partial charge in [0.15, 0.2) is 0 Å². The highest BCUT2D eigenvalue weighted by molar-refractivity contribution is 5.78. The molecule has 1 aliphatic rings. The van der Waals surface area contributed by atoms with Crippen molar-refractivity contribution in [3.05, 3.63) is 71.1 Å². The quantitative estimate of drug-likeness (QED) is 0.529. The van der Waals surface area contributed by atoms with Gasteiger partial charge in [-0.1, -0.05) is 24.3 Å². The second kappa shape index (κ2) is 9.35. The lowest BCUT2D eigenvalue weighted by Gasteiger charge is -2.33. The number of carbonyl (C=O) groups excluding carboxylic acids is 1. The normalized spacial score (nSPS) is 16.0. The molecule has 0 spiro atoms. The van der Waals surface area contributed by atoms with Gasteiger partial charge < -0.3 is 13.9 Å². The Morgan fingerprint density at radius 1 is 1.23 bits per heavy atom. The number of aromatic nitrogens is 1. The van der Waals surface area contributed by atoms with Crippen molar-refractivity contribution in [2.24, 2.45) is 0 Å². The van der Waals surface area contributed by atoms with E-state index >= 15 is 0 Å². The molecule has 0 fully saturated rings. The molecule has 1 aliphatic heterocycles. The van der Waals surface area contributed by atoms with E-state index in [1.165, 1.54) is 5.56 Å². The zero-order valence-electron chi connectivity index (χ0n) is 18.3. The lowest BCUT2D eigenvalue weighted by Crippen LogP contribution is -2.37. The molecule has 2 aromatic carbocycles. The molecule has 0 amide bonds. The summed E-state index contributed by atoms with van der Waals surface area (Å²) < 4.78 is 17.1. The van der Waals surface area contributed by atoms with Gasteiger partial charge in [-0.25, -0.2) is 9.78 Å². The molecule has 0 aliphatic carbocycles. The number of ether oxygens (including phenoxy) is 2. The predicted octanol–water partition coefficient (Wildman–Crippen LogP) is 4.36. The van der Waals surface area contributed by atoms with E-state index in [-0.39, 0.29) is 5.97 Å². The van der Waals surface area contributed by atoms with Crippen LogP contribution in [0.25, 0.3) is 11.5 Å². The first-order chi connectivity index (χ1) is 15.1. The van der Waals surface area contributed by atoms with Crippen LogP contribution in [-0.2, 0) is 22.4 Å². The summed E-state index contributed by atoms with van der Waals surface area (Å²) in [5, 5.41) is 0. The summed E-state index contributed by atoms with van der Waals surface area (Å²) in [4.78, 5) is 19.2. The van der Waals surface area contributed by atoms with Crippen LogP contribution < -0.4 is 4.74 Å². The summed E-state index contributed by atoms with van der Waals surface area (Å²) in [6, 6.07) is 15.5. The Balaban J connectivity index is 1.44. The Hall–Kier alpha value is -3.12. The van der Waals surface area contributed by atoms with Gasteiger partial charge >= 0.3 is 5.97 Å².